The van der Waals surface area contributed by atoms with Crippen LogP contribution in [0.25, 0.3) is 0 Å². The summed E-state index contributed by atoms with van der Waals surface area (Å²) in [5.74, 6) is -0.236. The number of rotatable bonds is 2. The summed E-state index contributed by atoms with van der Waals surface area (Å²) in [6.07, 6.45) is 0.636. The van der Waals surface area contributed by atoms with Crippen molar-refractivity contribution in [3.05, 3.63) is 34.1 Å². The number of hydrogen-bond donors (Lipinski definition) is 1. The van der Waals surface area contributed by atoms with E-state index < -0.39 is 0 Å². The van der Waals surface area contributed by atoms with E-state index in [1.54, 1.807) is 12.1 Å². The number of hydrogen-bond acceptors (Lipinski definition) is 2. The van der Waals surface area contributed by atoms with E-state index in [0.717, 1.165) is 31.6 Å². The van der Waals surface area contributed by atoms with Gasteiger partial charge in [0.2, 0.25) is 0 Å². The Kier molecular flexibility index (Phi) is 3.38. The molecule has 1 aliphatic heterocycles. The Balaban J connectivity index is 2.02. The molecule has 0 spiro atoms. The molecule has 1 N–H and O–H groups in total. The normalized spacial score (nSPS) is 22.2. The van der Waals surface area contributed by atoms with E-state index in [0.29, 0.717) is 4.47 Å². The molecule has 1 atom stereocenters. The van der Waals surface area contributed by atoms with Crippen molar-refractivity contribution in [3.63, 3.8) is 0 Å². The Morgan fingerprint density at radius 3 is 2.93 bits per heavy atom. The van der Waals surface area contributed by atoms with Gasteiger partial charge in [0.15, 0.2) is 0 Å². The summed E-state index contributed by atoms with van der Waals surface area (Å²) in [5, 5.41) is 9.37. The third kappa shape index (κ3) is 2.77. The van der Waals surface area contributed by atoms with Crippen molar-refractivity contribution in [2.75, 3.05) is 13.1 Å². The number of likely N-dealkylation sites (tertiary alicyclic amines) is 1. The highest BCUT2D eigenvalue weighted by atomic mass is 79.9. The lowest BCUT2D eigenvalue weighted by atomic mass is 10.2. The fraction of sp³-hybridized carbons (Fsp3) is 0.455. The number of aliphatic hydroxyl groups excluding tert-OH is 1. The number of nitrogens with zero attached hydrogens (tertiary/aromatic N) is 1. The molecule has 0 saturated carbocycles. The molecule has 1 aromatic rings. The van der Waals surface area contributed by atoms with Crippen molar-refractivity contribution >= 4 is 15.9 Å². The summed E-state index contributed by atoms with van der Waals surface area (Å²) < 4.78 is 13.5. The molecular formula is C11H13BrFNO. The average molecular weight is 274 g/mol. The van der Waals surface area contributed by atoms with Gasteiger partial charge in [-0.15, -0.1) is 0 Å². The molecular weight excluding hydrogens is 261 g/mol. The molecule has 2 nitrogen and oxygen atoms in total. The van der Waals surface area contributed by atoms with E-state index in [-0.39, 0.29) is 11.9 Å². The first-order valence-electron chi connectivity index (χ1n) is 4.99. The maximum atomic E-state index is 13.0. The Bertz CT molecular complexity index is 358. The Morgan fingerprint density at radius 2 is 2.33 bits per heavy atom. The fourth-order valence-corrected chi connectivity index (χ4v) is 2.28. The molecule has 15 heavy (non-hydrogen) atoms. The monoisotopic (exact) mass is 273 g/mol. The van der Waals surface area contributed by atoms with Crippen LogP contribution in [0.4, 0.5) is 4.39 Å². The van der Waals surface area contributed by atoms with Crippen molar-refractivity contribution < 1.29 is 9.50 Å². The zero-order valence-electron chi connectivity index (χ0n) is 8.29. The van der Waals surface area contributed by atoms with Gasteiger partial charge in [0, 0.05) is 19.6 Å². The van der Waals surface area contributed by atoms with E-state index in [4.69, 9.17) is 0 Å². The van der Waals surface area contributed by atoms with Gasteiger partial charge in [0.05, 0.1) is 10.6 Å². The van der Waals surface area contributed by atoms with E-state index >= 15 is 0 Å². The summed E-state index contributed by atoms with van der Waals surface area (Å²) in [7, 11) is 0. The quantitative estimate of drug-likeness (QED) is 0.893. The van der Waals surface area contributed by atoms with Crippen LogP contribution in [0.5, 0.6) is 0 Å². The van der Waals surface area contributed by atoms with Gasteiger partial charge in [-0.25, -0.2) is 4.39 Å². The minimum Gasteiger partial charge on any atom is -0.392 e. The molecule has 0 bridgehead atoms. The molecule has 1 saturated heterocycles. The largest absolute Gasteiger partial charge is 0.392 e. The fourth-order valence-electron chi connectivity index (χ4n) is 1.85. The van der Waals surface area contributed by atoms with Gasteiger partial charge in [0.25, 0.3) is 0 Å². The molecule has 1 fully saturated rings. The lowest BCUT2D eigenvalue weighted by molar-refractivity contribution is 0.175. The third-order valence-electron chi connectivity index (χ3n) is 2.64. The van der Waals surface area contributed by atoms with Crippen molar-refractivity contribution in [3.8, 4) is 0 Å². The van der Waals surface area contributed by atoms with E-state index in [2.05, 4.69) is 20.8 Å². The van der Waals surface area contributed by atoms with Crippen LogP contribution in [-0.4, -0.2) is 29.2 Å². The number of benzene rings is 1. The summed E-state index contributed by atoms with van der Waals surface area (Å²) in [5.41, 5.74) is 1.07. The van der Waals surface area contributed by atoms with E-state index in [1.807, 2.05) is 0 Å². The second-order valence-electron chi connectivity index (χ2n) is 3.93. The van der Waals surface area contributed by atoms with Crippen molar-refractivity contribution in [1.29, 1.82) is 0 Å². The molecule has 1 heterocycles. The topological polar surface area (TPSA) is 23.5 Å². The standard InChI is InChI=1S/C11H13BrFNO/c12-10-5-8(1-2-11(10)13)6-14-4-3-9(15)7-14/h1-2,5,9,15H,3-4,6-7H2/t9-/m0/s1. The summed E-state index contributed by atoms with van der Waals surface area (Å²) in [6, 6.07) is 5.04. The lowest BCUT2D eigenvalue weighted by Gasteiger charge is -2.14. The molecule has 2 rings (SSSR count). The molecule has 0 aromatic heterocycles. The zero-order valence-corrected chi connectivity index (χ0v) is 9.87. The summed E-state index contributed by atoms with van der Waals surface area (Å²) in [4.78, 5) is 2.17. The van der Waals surface area contributed by atoms with Gasteiger partial charge < -0.3 is 5.11 Å². The molecule has 1 aliphatic rings. The predicted molar refractivity (Wildman–Crippen MR) is 60.0 cm³/mol. The van der Waals surface area contributed by atoms with Crippen LogP contribution in [0.15, 0.2) is 22.7 Å². The summed E-state index contributed by atoms with van der Waals surface area (Å²) >= 11 is 3.16. The van der Waals surface area contributed by atoms with Crippen molar-refractivity contribution in [1.82, 2.24) is 4.90 Å². The second-order valence-corrected chi connectivity index (χ2v) is 4.78. The van der Waals surface area contributed by atoms with Gasteiger partial charge >= 0.3 is 0 Å². The number of aliphatic hydroxyl groups is 1. The smallest absolute Gasteiger partial charge is 0.137 e. The highest BCUT2D eigenvalue weighted by molar-refractivity contribution is 9.10. The highest BCUT2D eigenvalue weighted by Gasteiger charge is 2.19. The van der Waals surface area contributed by atoms with Gasteiger partial charge in [-0.1, -0.05) is 6.07 Å². The predicted octanol–water partition coefficient (Wildman–Crippen LogP) is 2.15. The van der Waals surface area contributed by atoms with Crippen LogP contribution in [0, 0.1) is 5.82 Å². The Labute approximate surface area is 96.8 Å². The third-order valence-corrected chi connectivity index (χ3v) is 3.25. The molecule has 0 amide bonds. The summed E-state index contributed by atoms with van der Waals surface area (Å²) in [6.45, 7) is 2.40. The number of β-amino-alcohol motifs (C(OH)–C–C–N with tert-alkyl or cyclic N) is 1. The number of halogens is 2. The van der Waals surface area contributed by atoms with Crippen LogP contribution in [0.2, 0.25) is 0 Å². The minimum absolute atomic E-state index is 0.200. The van der Waals surface area contributed by atoms with Crippen LogP contribution in [0.1, 0.15) is 12.0 Å². The van der Waals surface area contributed by atoms with Gasteiger partial charge in [-0.2, -0.15) is 0 Å². The Hall–Kier alpha value is -0.450. The molecule has 1 aromatic carbocycles. The average Bonchev–Trinajstić information content (AvgIpc) is 2.58. The van der Waals surface area contributed by atoms with E-state index in [9.17, 15) is 9.50 Å². The maximum Gasteiger partial charge on any atom is 0.137 e. The van der Waals surface area contributed by atoms with Gasteiger partial charge in [-0.05, 0) is 40.0 Å². The highest BCUT2D eigenvalue weighted by Crippen LogP contribution is 2.19. The first kappa shape index (κ1) is 11.0. The van der Waals surface area contributed by atoms with Gasteiger partial charge in [-0.3, -0.25) is 4.90 Å². The molecule has 0 aliphatic carbocycles. The SMILES string of the molecule is O[C@H]1CCN(Cc2ccc(F)c(Br)c2)C1. The van der Waals surface area contributed by atoms with Crippen LogP contribution in [-0.2, 0) is 6.54 Å². The molecule has 82 valence electrons. The van der Waals surface area contributed by atoms with Crippen molar-refractivity contribution in [2.45, 2.75) is 19.1 Å². The Morgan fingerprint density at radius 1 is 1.53 bits per heavy atom. The minimum atomic E-state index is -0.236. The first-order valence-corrected chi connectivity index (χ1v) is 5.79. The van der Waals surface area contributed by atoms with Gasteiger partial charge in [0.1, 0.15) is 5.82 Å². The molecule has 0 radical (unpaired) electrons. The lowest BCUT2D eigenvalue weighted by Crippen LogP contribution is -2.21. The zero-order chi connectivity index (χ0) is 10.8. The van der Waals surface area contributed by atoms with Crippen LogP contribution in [0.3, 0.4) is 0 Å². The van der Waals surface area contributed by atoms with Crippen LogP contribution >= 0.6 is 15.9 Å². The second kappa shape index (κ2) is 4.60. The maximum absolute atomic E-state index is 13.0. The molecule has 4 heteroatoms. The molecule has 0 unspecified atom stereocenters. The van der Waals surface area contributed by atoms with Crippen molar-refractivity contribution in [2.24, 2.45) is 0 Å². The van der Waals surface area contributed by atoms with E-state index in [1.165, 1.54) is 6.07 Å². The first-order chi connectivity index (χ1) is 7.15. The van der Waals surface area contributed by atoms with Crippen LogP contribution < -0.4 is 0 Å².